The molecule has 0 amide bonds. The molecule has 0 aliphatic carbocycles. The lowest BCUT2D eigenvalue weighted by atomic mass is 9.27. The van der Waals surface area contributed by atoms with Crippen LogP contribution in [0.25, 0.3) is 0 Å². The topological polar surface area (TPSA) is 0 Å². The Kier molecular flexibility index (Phi) is 5.00. The molecule has 0 radical (unpaired) electrons. The van der Waals surface area contributed by atoms with Crippen LogP contribution in [0.4, 0.5) is 0 Å². The molecule has 90 valence electrons. The molecule has 2 rings (SSSR count). The normalized spacial score (nSPS) is 30.6. The summed E-state index contributed by atoms with van der Waals surface area (Å²) in [5.41, 5.74) is 0. The zero-order valence-corrected chi connectivity index (χ0v) is 12.1. The monoisotopic (exact) mass is 282 g/mol. The second kappa shape index (κ2) is 6.28. The minimum atomic E-state index is 0.911. The predicted octanol–water partition coefficient (Wildman–Crippen LogP) is 5.60. The summed E-state index contributed by atoms with van der Waals surface area (Å²) in [6.45, 7) is 3.18. The minimum absolute atomic E-state index is 0.911. The second-order valence-electron chi connectivity index (χ2n) is 5.68. The first-order chi connectivity index (χ1) is 7.81. The Bertz CT molecular complexity index is 227. The molecule has 2 aliphatic rings. The SMILES string of the molecule is CCCC/C(Br)=C\B1C2CCCC1CCC2. The Morgan fingerprint density at radius 3 is 2.25 bits per heavy atom. The minimum Gasteiger partial charge on any atom is -0.105 e. The summed E-state index contributed by atoms with van der Waals surface area (Å²) in [6, 6.07) is 0. The van der Waals surface area contributed by atoms with Gasteiger partial charge in [-0.2, -0.15) is 0 Å². The number of unbranched alkanes of at least 4 members (excludes halogenated alkanes) is 1. The summed E-state index contributed by atoms with van der Waals surface area (Å²) in [5, 5.41) is 0. The Morgan fingerprint density at radius 2 is 1.75 bits per heavy atom. The smallest absolute Gasteiger partial charge is 0.105 e. The Labute approximate surface area is 109 Å². The van der Waals surface area contributed by atoms with Gasteiger partial charge in [-0.15, -0.1) is 5.98 Å². The van der Waals surface area contributed by atoms with Gasteiger partial charge in [0, 0.05) is 0 Å². The van der Waals surface area contributed by atoms with Gasteiger partial charge in [0.1, 0.15) is 0 Å². The summed E-state index contributed by atoms with van der Waals surface area (Å²) in [5.74, 6) is 4.62. The molecule has 2 heterocycles. The third-order valence-electron chi connectivity index (χ3n) is 4.53. The quantitative estimate of drug-likeness (QED) is 0.589. The van der Waals surface area contributed by atoms with E-state index in [1.807, 2.05) is 0 Å². The van der Waals surface area contributed by atoms with Crippen LogP contribution in [0.3, 0.4) is 0 Å². The molecular weight excluding hydrogens is 259 g/mol. The van der Waals surface area contributed by atoms with Crippen LogP contribution in [0.1, 0.15) is 64.7 Å². The van der Waals surface area contributed by atoms with E-state index in [-0.39, 0.29) is 0 Å². The van der Waals surface area contributed by atoms with Gasteiger partial charge in [0.25, 0.3) is 0 Å². The van der Waals surface area contributed by atoms with Gasteiger partial charge in [-0.1, -0.05) is 79.4 Å². The van der Waals surface area contributed by atoms with E-state index in [4.69, 9.17) is 0 Å². The fourth-order valence-electron chi connectivity index (χ4n) is 3.64. The number of fused-ring (bicyclic) bond motifs is 2. The van der Waals surface area contributed by atoms with Crippen molar-refractivity contribution in [2.24, 2.45) is 0 Å². The molecule has 16 heavy (non-hydrogen) atoms. The molecule has 0 nitrogen and oxygen atoms in total. The van der Waals surface area contributed by atoms with E-state index >= 15 is 0 Å². The van der Waals surface area contributed by atoms with Crippen LogP contribution in [-0.4, -0.2) is 6.71 Å². The number of rotatable bonds is 4. The van der Waals surface area contributed by atoms with Gasteiger partial charge in [-0.3, -0.25) is 0 Å². The number of halogens is 1. The average molecular weight is 283 g/mol. The van der Waals surface area contributed by atoms with Gasteiger partial charge in [0.15, 0.2) is 6.71 Å². The number of hydrogen-bond acceptors (Lipinski definition) is 0. The van der Waals surface area contributed by atoms with Crippen molar-refractivity contribution in [1.82, 2.24) is 0 Å². The molecule has 2 heteroatoms. The van der Waals surface area contributed by atoms with Gasteiger partial charge in [0.05, 0.1) is 0 Å². The highest BCUT2D eigenvalue weighted by atomic mass is 79.9. The molecule has 2 aliphatic heterocycles. The highest BCUT2D eigenvalue weighted by Crippen LogP contribution is 2.47. The predicted molar refractivity (Wildman–Crippen MR) is 77.5 cm³/mol. The van der Waals surface area contributed by atoms with Gasteiger partial charge < -0.3 is 0 Å². The third kappa shape index (κ3) is 3.15. The van der Waals surface area contributed by atoms with Crippen molar-refractivity contribution in [1.29, 1.82) is 0 Å². The highest BCUT2D eigenvalue weighted by molar-refractivity contribution is 9.11. The molecule has 2 saturated heterocycles. The van der Waals surface area contributed by atoms with E-state index in [2.05, 4.69) is 28.8 Å². The first-order valence-electron chi connectivity index (χ1n) is 7.17. The van der Waals surface area contributed by atoms with E-state index < -0.39 is 0 Å². The zero-order valence-electron chi connectivity index (χ0n) is 10.6. The molecule has 0 aromatic heterocycles. The fraction of sp³-hybridized carbons (Fsp3) is 0.857. The Morgan fingerprint density at radius 1 is 1.19 bits per heavy atom. The molecule has 0 atom stereocenters. The lowest BCUT2D eigenvalue weighted by Gasteiger charge is -2.39. The van der Waals surface area contributed by atoms with Crippen molar-refractivity contribution < 1.29 is 0 Å². The van der Waals surface area contributed by atoms with E-state index in [1.165, 1.54) is 62.3 Å². The van der Waals surface area contributed by atoms with E-state index in [0.717, 1.165) is 18.3 Å². The molecule has 0 aromatic carbocycles. The van der Waals surface area contributed by atoms with Crippen LogP contribution in [0, 0.1) is 0 Å². The molecule has 0 aromatic rings. The summed E-state index contributed by atoms with van der Waals surface area (Å²) in [4.78, 5) is 0. The maximum absolute atomic E-state index is 3.78. The van der Waals surface area contributed by atoms with Gasteiger partial charge in [-0.25, -0.2) is 0 Å². The Balaban J connectivity index is 1.96. The highest BCUT2D eigenvalue weighted by Gasteiger charge is 2.37. The number of allylic oxidation sites excluding steroid dienone is 1. The van der Waals surface area contributed by atoms with Crippen molar-refractivity contribution in [2.75, 3.05) is 0 Å². The van der Waals surface area contributed by atoms with Crippen molar-refractivity contribution in [2.45, 2.75) is 76.3 Å². The van der Waals surface area contributed by atoms with Crippen molar-refractivity contribution in [3.8, 4) is 0 Å². The molecule has 0 saturated carbocycles. The molecule has 0 unspecified atom stereocenters. The van der Waals surface area contributed by atoms with E-state index in [0.29, 0.717) is 0 Å². The summed E-state index contributed by atoms with van der Waals surface area (Å²) in [7, 11) is 0. The molecule has 2 bridgehead atoms. The summed E-state index contributed by atoms with van der Waals surface area (Å²) < 4.78 is 1.48. The Hall–Kier alpha value is 0.285. The lowest BCUT2D eigenvalue weighted by molar-refractivity contribution is 0.447. The van der Waals surface area contributed by atoms with Crippen LogP contribution in [0.2, 0.25) is 11.6 Å². The fourth-order valence-corrected chi connectivity index (χ4v) is 4.22. The van der Waals surface area contributed by atoms with Crippen LogP contribution in [0.5, 0.6) is 0 Å². The van der Waals surface area contributed by atoms with Gasteiger partial charge in [0.2, 0.25) is 0 Å². The first-order valence-corrected chi connectivity index (χ1v) is 7.96. The van der Waals surface area contributed by atoms with Crippen LogP contribution < -0.4 is 0 Å². The van der Waals surface area contributed by atoms with Crippen LogP contribution in [0.15, 0.2) is 10.5 Å². The van der Waals surface area contributed by atoms with Gasteiger partial charge >= 0.3 is 0 Å². The maximum atomic E-state index is 3.78. The maximum Gasteiger partial charge on any atom is 0.173 e. The lowest BCUT2D eigenvalue weighted by Crippen LogP contribution is -2.33. The van der Waals surface area contributed by atoms with Crippen LogP contribution >= 0.6 is 15.9 Å². The molecule has 0 N–H and O–H groups in total. The molecular formula is C14H24BBr. The van der Waals surface area contributed by atoms with Crippen LogP contribution in [-0.2, 0) is 0 Å². The van der Waals surface area contributed by atoms with Crippen molar-refractivity contribution in [3.05, 3.63) is 10.5 Å². The van der Waals surface area contributed by atoms with E-state index in [9.17, 15) is 0 Å². The second-order valence-corrected chi connectivity index (χ2v) is 6.69. The van der Waals surface area contributed by atoms with Gasteiger partial charge in [-0.05, 0) is 17.3 Å². The van der Waals surface area contributed by atoms with E-state index in [1.54, 1.807) is 0 Å². The first kappa shape index (κ1) is 12.7. The van der Waals surface area contributed by atoms with Crippen molar-refractivity contribution >= 4 is 22.6 Å². The largest absolute Gasteiger partial charge is 0.173 e. The standard InChI is InChI=1S/C14H24BBr/c1-2-3-10-14(16)11-15-12-6-4-7-13(15)9-5-8-12/h11-13H,2-10H2,1H3/b14-11+. The summed E-state index contributed by atoms with van der Waals surface area (Å²) >= 11 is 3.78. The molecule has 2 fully saturated rings. The zero-order chi connectivity index (χ0) is 11.4. The van der Waals surface area contributed by atoms with Crippen molar-refractivity contribution in [3.63, 3.8) is 0 Å². The number of hydrogen-bond donors (Lipinski definition) is 0. The third-order valence-corrected chi connectivity index (χ3v) is 5.19. The summed E-state index contributed by atoms with van der Waals surface area (Å²) in [6.07, 6.45) is 12.8. The molecule has 0 spiro atoms. The average Bonchev–Trinajstić information content (AvgIpc) is 2.26.